The maximum atomic E-state index is 12.5. The summed E-state index contributed by atoms with van der Waals surface area (Å²) in [6, 6.07) is 24.3. The topological polar surface area (TPSA) is 49.4 Å². The van der Waals surface area contributed by atoms with Gasteiger partial charge >= 0.3 is 0 Å². The highest BCUT2D eigenvalue weighted by atomic mass is 16.2. The van der Waals surface area contributed by atoms with E-state index in [2.05, 4.69) is 23.5 Å². The molecule has 0 atom stereocenters. The molecule has 0 aliphatic carbocycles. The molecule has 0 fully saturated rings. The third kappa shape index (κ3) is 4.54. The number of fused-ring (bicyclic) bond motifs is 1. The average molecular weight is 384 g/mol. The largest absolute Gasteiger partial charge is 0.338 e. The van der Waals surface area contributed by atoms with Gasteiger partial charge in [0.25, 0.3) is 0 Å². The van der Waals surface area contributed by atoms with Crippen molar-refractivity contribution < 1.29 is 9.59 Å². The molecule has 0 unspecified atom stereocenters. The minimum atomic E-state index is -0.0448. The van der Waals surface area contributed by atoms with E-state index >= 15 is 0 Å². The first kappa shape index (κ1) is 18.9. The highest BCUT2D eigenvalue weighted by molar-refractivity contribution is 5.92. The lowest BCUT2D eigenvalue weighted by Gasteiger charge is -2.28. The number of carbonyl (C=O) groups excluding carboxylic acids is 2. The number of nitrogens with zero attached hydrogens (tertiary/aromatic N) is 1. The minimum Gasteiger partial charge on any atom is -0.338 e. The molecule has 2 amide bonds. The van der Waals surface area contributed by atoms with Gasteiger partial charge in [-0.15, -0.1) is 0 Å². The Morgan fingerprint density at radius 1 is 0.897 bits per heavy atom. The second kappa shape index (κ2) is 8.31. The number of anilines is 1. The molecule has 4 rings (SSSR count). The number of carbonyl (C=O) groups is 2. The fourth-order valence-corrected chi connectivity index (χ4v) is 3.74. The second-order valence-electron chi connectivity index (χ2n) is 7.46. The van der Waals surface area contributed by atoms with E-state index in [9.17, 15) is 9.59 Å². The Morgan fingerprint density at radius 3 is 2.34 bits per heavy atom. The summed E-state index contributed by atoms with van der Waals surface area (Å²) >= 11 is 0. The van der Waals surface area contributed by atoms with Crippen molar-refractivity contribution in [1.82, 2.24) is 4.90 Å². The van der Waals surface area contributed by atoms with E-state index < -0.39 is 0 Å². The van der Waals surface area contributed by atoms with Crippen LogP contribution in [-0.2, 0) is 29.0 Å². The molecule has 4 nitrogen and oxygen atoms in total. The molecule has 1 heterocycles. The molecule has 4 heteroatoms. The maximum Gasteiger partial charge on any atom is 0.228 e. The van der Waals surface area contributed by atoms with Crippen LogP contribution in [0.15, 0.2) is 72.8 Å². The zero-order valence-corrected chi connectivity index (χ0v) is 16.5. The van der Waals surface area contributed by atoms with E-state index in [1.165, 1.54) is 5.56 Å². The summed E-state index contributed by atoms with van der Waals surface area (Å²) < 4.78 is 0. The fraction of sp³-hybridized carbons (Fsp3) is 0.200. The number of hydrogen-bond donors (Lipinski definition) is 1. The summed E-state index contributed by atoms with van der Waals surface area (Å²) in [6.07, 6.45) is 1.18. The van der Waals surface area contributed by atoms with E-state index in [0.29, 0.717) is 13.0 Å². The van der Waals surface area contributed by atoms with Gasteiger partial charge in [-0.25, -0.2) is 0 Å². The average Bonchev–Trinajstić information content (AvgIpc) is 2.74. The van der Waals surface area contributed by atoms with Gasteiger partial charge in [0.2, 0.25) is 11.8 Å². The van der Waals surface area contributed by atoms with Crippen LogP contribution in [0.4, 0.5) is 5.69 Å². The van der Waals surface area contributed by atoms with Crippen LogP contribution in [-0.4, -0.2) is 23.3 Å². The van der Waals surface area contributed by atoms with Crippen LogP contribution in [0.5, 0.6) is 0 Å². The lowest BCUT2D eigenvalue weighted by molar-refractivity contribution is -0.129. The number of hydrogen-bond acceptors (Lipinski definition) is 2. The highest BCUT2D eigenvalue weighted by Gasteiger charge is 2.18. The van der Waals surface area contributed by atoms with Gasteiger partial charge in [-0.2, -0.15) is 0 Å². The van der Waals surface area contributed by atoms with Crippen molar-refractivity contribution in [1.29, 1.82) is 0 Å². The molecule has 3 aromatic rings. The van der Waals surface area contributed by atoms with Crippen molar-refractivity contribution in [2.75, 3.05) is 11.9 Å². The number of rotatable bonds is 4. The van der Waals surface area contributed by atoms with Crippen molar-refractivity contribution >= 4 is 17.5 Å². The first-order valence-corrected chi connectivity index (χ1v) is 9.90. The maximum absolute atomic E-state index is 12.5. The van der Waals surface area contributed by atoms with Crippen molar-refractivity contribution in [3.63, 3.8) is 0 Å². The van der Waals surface area contributed by atoms with Gasteiger partial charge in [-0.3, -0.25) is 9.59 Å². The molecule has 1 N–H and O–H groups in total. The third-order valence-corrected chi connectivity index (χ3v) is 5.37. The van der Waals surface area contributed by atoms with E-state index in [-0.39, 0.29) is 11.8 Å². The van der Waals surface area contributed by atoms with Crippen LogP contribution in [0, 0.1) is 0 Å². The summed E-state index contributed by atoms with van der Waals surface area (Å²) in [6.45, 7) is 2.96. The zero-order chi connectivity index (χ0) is 20.2. The molecule has 0 saturated heterocycles. The Balaban J connectivity index is 1.40. The molecular formula is C25H24N2O2. The molecule has 146 valence electrons. The lowest BCUT2D eigenvalue weighted by atomic mass is 9.99. The van der Waals surface area contributed by atoms with Gasteiger partial charge in [0.15, 0.2) is 0 Å². The molecule has 1 aliphatic heterocycles. The smallest absolute Gasteiger partial charge is 0.228 e. The first-order valence-electron chi connectivity index (χ1n) is 9.90. The standard InChI is InChI=1S/C25H24N2O2/c1-18(28)27-14-13-22-11-12-24(16-23(22)17-27)26-25(29)15-19-7-9-21(10-8-19)20-5-3-2-4-6-20/h2-12,16H,13-15,17H2,1H3,(H,26,29). The summed E-state index contributed by atoms with van der Waals surface area (Å²) in [4.78, 5) is 26.0. The minimum absolute atomic E-state index is 0.0448. The molecule has 0 bridgehead atoms. The van der Waals surface area contributed by atoms with E-state index in [1.807, 2.05) is 59.5 Å². The van der Waals surface area contributed by atoms with E-state index in [1.54, 1.807) is 6.92 Å². The number of amides is 2. The Morgan fingerprint density at radius 2 is 1.62 bits per heavy atom. The third-order valence-electron chi connectivity index (χ3n) is 5.37. The fourth-order valence-electron chi connectivity index (χ4n) is 3.74. The quantitative estimate of drug-likeness (QED) is 0.723. The van der Waals surface area contributed by atoms with E-state index in [0.717, 1.165) is 40.9 Å². The van der Waals surface area contributed by atoms with Crippen LogP contribution < -0.4 is 5.32 Å². The van der Waals surface area contributed by atoms with Crippen molar-refractivity contribution in [2.24, 2.45) is 0 Å². The molecule has 0 radical (unpaired) electrons. The number of benzene rings is 3. The van der Waals surface area contributed by atoms with E-state index in [4.69, 9.17) is 0 Å². The van der Waals surface area contributed by atoms with Crippen LogP contribution in [0.3, 0.4) is 0 Å². The van der Waals surface area contributed by atoms with Crippen molar-refractivity contribution in [3.8, 4) is 11.1 Å². The number of nitrogens with one attached hydrogen (secondary N) is 1. The SMILES string of the molecule is CC(=O)N1CCc2ccc(NC(=O)Cc3ccc(-c4ccccc4)cc3)cc2C1. The van der Waals surface area contributed by atoms with Gasteiger partial charge in [0, 0.05) is 25.7 Å². The Hall–Kier alpha value is -3.40. The van der Waals surface area contributed by atoms with Crippen molar-refractivity contribution in [3.05, 3.63) is 89.5 Å². The Bertz CT molecular complexity index is 1030. The first-order chi connectivity index (χ1) is 14.1. The van der Waals surface area contributed by atoms with Gasteiger partial charge < -0.3 is 10.2 Å². The molecule has 29 heavy (non-hydrogen) atoms. The summed E-state index contributed by atoms with van der Waals surface area (Å²) in [5.74, 6) is 0.0423. The zero-order valence-electron chi connectivity index (χ0n) is 16.5. The van der Waals surface area contributed by atoms with Crippen LogP contribution in [0.25, 0.3) is 11.1 Å². The molecule has 0 spiro atoms. The molecule has 3 aromatic carbocycles. The van der Waals surface area contributed by atoms with Crippen LogP contribution >= 0.6 is 0 Å². The van der Waals surface area contributed by atoms with Gasteiger partial charge in [-0.05, 0) is 46.4 Å². The summed E-state index contributed by atoms with van der Waals surface area (Å²) in [7, 11) is 0. The Labute approximate surface area is 171 Å². The molecule has 1 aliphatic rings. The predicted octanol–water partition coefficient (Wildman–Crippen LogP) is 4.44. The highest BCUT2D eigenvalue weighted by Crippen LogP contribution is 2.23. The van der Waals surface area contributed by atoms with Gasteiger partial charge in [0.05, 0.1) is 6.42 Å². The normalized spacial score (nSPS) is 12.9. The van der Waals surface area contributed by atoms with Crippen LogP contribution in [0.2, 0.25) is 0 Å². The summed E-state index contributed by atoms with van der Waals surface area (Å²) in [5, 5.41) is 2.99. The van der Waals surface area contributed by atoms with Crippen molar-refractivity contribution in [2.45, 2.75) is 26.3 Å². The Kier molecular flexibility index (Phi) is 5.43. The van der Waals surface area contributed by atoms with Gasteiger partial charge in [0.1, 0.15) is 0 Å². The monoisotopic (exact) mass is 384 g/mol. The predicted molar refractivity (Wildman–Crippen MR) is 115 cm³/mol. The molecule has 0 aromatic heterocycles. The van der Waals surface area contributed by atoms with Gasteiger partial charge in [-0.1, -0.05) is 60.7 Å². The van der Waals surface area contributed by atoms with Crippen LogP contribution in [0.1, 0.15) is 23.6 Å². The lowest BCUT2D eigenvalue weighted by Crippen LogP contribution is -2.34. The molecular weight excluding hydrogens is 360 g/mol. The molecule has 0 saturated carbocycles. The second-order valence-corrected chi connectivity index (χ2v) is 7.46. The summed E-state index contributed by atoms with van der Waals surface area (Å²) in [5.41, 5.74) is 6.41.